The first-order valence-electron chi connectivity index (χ1n) is 9.67. The molecular weight excluding hydrogens is 402 g/mol. The second kappa shape index (κ2) is 8.82. The van der Waals surface area contributed by atoms with E-state index in [1.54, 1.807) is 13.0 Å². The lowest BCUT2D eigenvalue weighted by Crippen LogP contribution is -2.50. The second-order valence-corrected chi connectivity index (χ2v) is 7.29. The van der Waals surface area contributed by atoms with Crippen molar-refractivity contribution in [2.45, 2.75) is 38.8 Å². The fourth-order valence-electron chi connectivity index (χ4n) is 3.30. The largest absolute Gasteiger partial charge is 0.480 e. The van der Waals surface area contributed by atoms with Gasteiger partial charge in [-0.05, 0) is 32.4 Å². The molecule has 0 bridgehead atoms. The number of pyridine rings is 1. The number of aromatic nitrogens is 2. The number of nitrogens with zero attached hydrogens (tertiary/aromatic N) is 1. The van der Waals surface area contributed by atoms with Crippen LogP contribution in [0.3, 0.4) is 0 Å². The van der Waals surface area contributed by atoms with Crippen molar-refractivity contribution < 1.29 is 24.3 Å². The first-order chi connectivity index (χ1) is 14.7. The van der Waals surface area contributed by atoms with Gasteiger partial charge in [-0.3, -0.25) is 14.4 Å². The Bertz CT molecular complexity index is 1190. The maximum absolute atomic E-state index is 12.7. The van der Waals surface area contributed by atoms with E-state index >= 15 is 0 Å². The van der Waals surface area contributed by atoms with Crippen molar-refractivity contribution in [1.29, 1.82) is 0 Å². The van der Waals surface area contributed by atoms with Gasteiger partial charge in [-0.15, -0.1) is 0 Å². The lowest BCUT2D eigenvalue weighted by atomic mass is 10.1. The highest BCUT2D eigenvalue weighted by Gasteiger charge is 2.25. The summed E-state index contributed by atoms with van der Waals surface area (Å²) < 4.78 is 0. The number of aliphatic carboxylic acids is 1. The molecule has 0 aliphatic rings. The lowest BCUT2D eigenvalue weighted by molar-refractivity contribution is -0.142. The number of amides is 3. The minimum Gasteiger partial charge on any atom is -0.480 e. The average molecular weight is 425 g/mol. The van der Waals surface area contributed by atoms with Gasteiger partial charge in [-0.25, -0.2) is 9.78 Å². The normalized spacial score (nSPS) is 13.0. The molecule has 2 atom stereocenters. The number of para-hydroxylation sites is 1. The van der Waals surface area contributed by atoms with Crippen molar-refractivity contribution in [3.05, 3.63) is 41.7 Å². The van der Waals surface area contributed by atoms with E-state index in [4.69, 9.17) is 5.73 Å². The van der Waals surface area contributed by atoms with Gasteiger partial charge in [0.05, 0.1) is 11.2 Å². The molecule has 0 radical (unpaired) electrons. The van der Waals surface area contributed by atoms with Gasteiger partial charge in [0.25, 0.3) is 5.91 Å². The molecule has 10 nitrogen and oxygen atoms in total. The van der Waals surface area contributed by atoms with Crippen LogP contribution < -0.4 is 16.4 Å². The number of carboxylic acids is 1. The van der Waals surface area contributed by atoms with Gasteiger partial charge in [-0.2, -0.15) is 0 Å². The first kappa shape index (κ1) is 21.8. The molecule has 2 heterocycles. The molecule has 0 aliphatic carbocycles. The summed E-state index contributed by atoms with van der Waals surface area (Å²) in [6.07, 6.45) is -0.332. The Balaban J connectivity index is 1.75. The van der Waals surface area contributed by atoms with Crippen molar-refractivity contribution in [2.24, 2.45) is 5.73 Å². The third-order valence-electron chi connectivity index (χ3n) is 4.94. The van der Waals surface area contributed by atoms with E-state index < -0.39 is 35.8 Å². The highest BCUT2D eigenvalue weighted by molar-refractivity contribution is 6.10. The summed E-state index contributed by atoms with van der Waals surface area (Å²) in [5.41, 5.74) is 7.54. The van der Waals surface area contributed by atoms with E-state index in [-0.39, 0.29) is 18.5 Å². The van der Waals surface area contributed by atoms with E-state index in [1.165, 1.54) is 6.92 Å². The van der Waals surface area contributed by atoms with Crippen molar-refractivity contribution >= 4 is 45.5 Å². The number of fused-ring (bicyclic) bond motifs is 3. The summed E-state index contributed by atoms with van der Waals surface area (Å²) in [4.78, 5) is 54.8. The minimum atomic E-state index is -1.30. The molecule has 31 heavy (non-hydrogen) atoms. The number of carboxylic acid groups (broad SMARTS) is 1. The standard InChI is InChI=1S/C21H23N5O5/c1-10-18-13(12-5-3-4-6-14(12)25-18)9-16(23-10)20(29)24-11(2)19(28)26-15(21(30)31)7-8-17(22)27/h3-6,9,11,15,25H,7-8H2,1-2H3,(H2,22,27)(H,24,29)(H,26,28)(H,30,31). The van der Waals surface area contributed by atoms with E-state index in [0.29, 0.717) is 5.69 Å². The van der Waals surface area contributed by atoms with Crippen LogP contribution in [0, 0.1) is 6.92 Å². The summed E-state index contributed by atoms with van der Waals surface area (Å²) in [6, 6.07) is 7.00. The van der Waals surface area contributed by atoms with Crippen LogP contribution in [0.4, 0.5) is 0 Å². The highest BCUT2D eigenvalue weighted by Crippen LogP contribution is 2.27. The number of carbonyl (C=O) groups excluding carboxylic acids is 3. The third kappa shape index (κ3) is 4.80. The zero-order chi connectivity index (χ0) is 22.7. The molecule has 162 valence electrons. The van der Waals surface area contributed by atoms with Gasteiger partial charge in [0, 0.05) is 22.7 Å². The van der Waals surface area contributed by atoms with Gasteiger partial charge >= 0.3 is 5.97 Å². The van der Waals surface area contributed by atoms with Crippen LogP contribution in [0.2, 0.25) is 0 Å². The Labute approximate surface area is 177 Å². The van der Waals surface area contributed by atoms with E-state index in [0.717, 1.165) is 21.8 Å². The lowest BCUT2D eigenvalue weighted by Gasteiger charge is -2.18. The minimum absolute atomic E-state index is 0.137. The van der Waals surface area contributed by atoms with Gasteiger partial charge < -0.3 is 26.5 Å². The Kier molecular flexibility index (Phi) is 6.19. The van der Waals surface area contributed by atoms with Gasteiger partial charge in [0.15, 0.2) is 0 Å². The number of rotatable bonds is 8. The van der Waals surface area contributed by atoms with Crippen molar-refractivity contribution in [3.63, 3.8) is 0 Å². The summed E-state index contributed by atoms with van der Waals surface area (Å²) in [5.74, 6) is -3.23. The maximum Gasteiger partial charge on any atom is 0.326 e. The van der Waals surface area contributed by atoms with E-state index in [2.05, 4.69) is 20.6 Å². The zero-order valence-electron chi connectivity index (χ0n) is 17.1. The third-order valence-corrected chi connectivity index (χ3v) is 4.94. The molecule has 0 spiro atoms. The number of carbonyl (C=O) groups is 4. The van der Waals surface area contributed by atoms with Crippen LogP contribution in [-0.2, 0) is 14.4 Å². The molecule has 2 aromatic heterocycles. The summed E-state index contributed by atoms with van der Waals surface area (Å²) in [5, 5.41) is 15.8. The summed E-state index contributed by atoms with van der Waals surface area (Å²) in [7, 11) is 0. The van der Waals surface area contributed by atoms with Crippen LogP contribution >= 0.6 is 0 Å². The molecule has 3 rings (SSSR count). The topological polar surface area (TPSA) is 167 Å². The second-order valence-electron chi connectivity index (χ2n) is 7.29. The molecule has 0 saturated carbocycles. The number of nitrogens with one attached hydrogen (secondary N) is 3. The predicted molar refractivity (Wildman–Crippen MR) is 113 cm³/mol. The van der Waals surface area contributed by atoms with Crippen molar-refractivity contribution in [3.8, 4) is 0 Å². The molecule has 6 N–H and O–H groups in total. The average Bonchev–Trinajstić information content (AvgIpc) is 3.09. The van der Waals surface area contributed by atoms with E-state index in [9.17, 15) is 24.3 Å². The quantitative estimate of drug-likeness (QED) is 0.360. The first-order valence-corrected chi connectivity index (χ1v) is 9.67. The number of aromatic amines is 1. The molecule has 1 aromatic carbocycles. The summed E-state index contributed by atoms with van der Waals surface area (Å²) >= 11 is 0. The van der Waals surface area contributed by atoms with Crippen LogP contribution in [0.1, 0.15) is 35.9 Å². The van der Waals surface area contributed by atoms with Crippen LogP contribution in [0.15, 0.2) is 30.3 Å². The highest BCUT2D eigenvalue weighted by atomic mass is 16.4. The SMILES string of the molecule is Cc1nc(C(=O)NC(C)C(=O)NC(CCC(N)=O)C(=O)O)cc2c1[nH]c1ccccc12. The Morgan fingerprint density at radius 3 is 2.55 bits per heavy atom. The Hall–Kier alpha value is -3.95. The number of aryl methyl sites for hydroxylation is 1. The smallest absolute Gasteiger partial charge is 0.326 e. The van der Waals surface area contributed by atoms with Crippen molar-refractivity contribution in [1.82, 2.24) is 20.6 Å². The fraction of sp³-hybridized carbons (Fsp3) is 0.286. The van der Waals surface area contributed by atoms with Crippen LogP contribution in [-0.4, -0.2) is 50.8 Å². The van der Waals surface area contributed by atoms with Gasteiger partial charge in [0.2, 0.25) is 11.8 Å². The molecule has 3 aromatic rings. The molecule has 0 fully saturated rings. The summed E-state index contributed by atoms with van der Waals surface area (Å²) in [6.45, 7) is 3.21. The molecular formula is C21H23N5O5. The number of H-pyrrole nitrogens is 1. The van der Waals surface area contributed by atoms with Crippen LogP contribution in [0.5, 0.6) is 0 Å². The molecule has 0 saturated heterocycles. The number of nitrogens with two attached hydrogens (primary N) is 1. The number of hydrogen-bond acceptors (Lipinski definition) is 5. The van der Waals surface area contributed by atoms with Gasteiger partial charge in [-0.1, -0.05) is 18.2 Å². The zero-order valence-corrected chi connectivity index (χ0v) is 17.1. The number of primary amides is 1. The van der Waals surface area contributed by atoms with E-state index in [1.807, 2.05) is 24.3 Å². The monoisotopic (exact) mass is 425 g/mol. The van der Waals surface area contributed by atoms with Crippen molar-refractivity contribution in [2.75, 3.05) is 0 Å². The predicted octanol–water partition coefficient (Wildman–Crippen LogP) is 0.978. The molecule has 10 heteroatoms. The Morgan fingerprint density at radius 1 is 1.16 bits per heavy atom. The molecule has 0 aliphatic heterocycles. The Morgan fingerprint density at radius 2 is 1.87 bits per heavy atom. The molecule has 3 amide bonds. The molecule has 2 unspecified atom stereocenters. The van der Waals surface area contributed by atoms with Crippen LogP contribution in [0.25, 0.3) is 21.8 Å². The number of benzene rings is 1. The van der Waals surface area contributed by atoms with Gasteiger partial charge in [0.1, 0.15) is 17.8 Å². The maximum atomic E-state index is 12.7. The number of hydrogen-bond donors (Lipinski definition) is 5. The fourth-order valence-corrected chi connectivity index (χ4v) is 3.30.